The number of hydrogen-bond donors (Lipinski definition) is 5. The molecule has 0 bridgehead atoms. The summed E-state index contributed by atoms with van der Waals surface area (Å²) in [6, 6.07) is 9.15. The van der Waals surface area contributed by atoms with Crippen molar-refractivity contribution in [3.8, 4) is 23.1 Å². The molecule has 0 fully saturated rings. The molecule has 2 amide bonds. The highest BCUT2D eigenvalue weighted by Gasteiger charge is 2.35. The Morgan fingerprint density at radius 2 is 1.92 bits per heavy atom. The molecule has 38 heavy (non-hydrogen) atoms. The average molecular weight is 542 g/mol. The first-order valence-corrected chi connectivity index (χ1v) is 11.8. The summed E-state index contributed by atoms with van der Waals surface area (Å²) in [5.74, 6) is 0.168. The molecule has 0 radical (unpaired) electrons. The predicted octanol–water partition coefficient (Wildman–Crippen LogP) is 6.16. The van der Waals surface area contributed by atoms with Crippen LogP contribution in [-0.4, -0.2) is 36.2 Å². The summed E-state index contributed by atoms with van der Waals surface area (Å²) < 4.78 is 47.0. The van der Waals surface area contributed by atoms with E-state index in [2.05, 4.69) is 46.1 Å². The van der Waals surface area contributed by atoms with Gasteiger partial charge in [0.05, 0.1) is 23.1 Å². The lowest BCUT2D eigenvalue weighted by Gasteiger charge is -2.15. The van der Waals surface area contributed by atoms with Crippen molar-refractivity contribution in [3.63, 3.8) is 0 Å². The molecule has 5 aromatic rings. The number of nitrogens with zero attached hydrogens (tertiary/aromatic N) is 4. The SMILES string of the molecule is Cc1cc(Nc2cc(-c3ccc[nH]3)[nH]n2)nc(Oc2ccc(NC(=O)Nc3cncs3)cc2C(F)(F)F)n1. The zero-order chi connectivity index (χ0) is 26.7. The Morgan fingerprint density at radius 1 is 1.05 bits per heavy atom. The van der Waals surface area contributed by atoms with Crippen LogP contribution in [0.4, 0.5) is 40.3 Å². The largest absolute Gasteiger partial charge is 0.424 e. The number of aromatic nitrogens is 6. The van der Waals surface area contributed by atoms with Gasteiger partial charge in [0.2, 0.25) is 0 Å². The van der Waals surface area contributed by atoms with Gasteiger partial charge >= 0.3 is 18.2 Å². The molecule has 4 aromatic heterocycles. The van der Waals surface area contributed by atoms with Crippen LogP contribution >= 0.6 is 11.3 Å². The second-order valence-corrected chi connectivity index (χ2v) is 8.69. The average Bonchev–Trinajstić information content (AvgIpc) is 3.62. The van der Waals surface area contributed by atoms with Gasteiger partial charge in [0.25, 0.3) is 0 Å². The summed E-state index contributed by atoms with van der Waals surface area (Å²) in [6.45, 7) is 1.65. The van der Waals surface area contributed by atoms with E-state index in [1.54, 1.807) is 25.3 Å². The molecular formula is C23H18F3N9O2S. The molecule has 0 saturated carbocycles. The van der Waals surface area contributed by atoms with Gasteiger partial charge < -0.3 is 20.4 Å². The Balaban J connectivity index is 1.34. The standard InChI is InChI=1S/C23H18F3N9O2S/c1-12-7-18(31-19-9-16(34-35-19)15-3-2-6-28-15)32-22(29-12)37-17-5-4-13(8-14(17)23(24,25)26)30-21(36)33-20-10-27-11-38-20/h2-11,28H,1H3,(H2,30,33,36)(H2,29,31,32,34,35). The van der Waals surface area contributed by atoms with Gasteiger partial charge in [0, 0.05) is 29.7 Å². The quantitative estimate of drug-likeness (QED) is 0.166. The number of urea groups is 1. The molecule has 0 aliphatic rings. The van der Waals surface area contributed by atoms with Crippen molar-refractivity contribution in [1.82, 2.24) is 30.1 Å². The van der Waals surface area contributed by atoms with E-state index < -0.39 is 23.5 Å². The van der Waals surface area contributed by atoms with Crippen LogP contribution in [0.15, 0.2) is 60.4 Å². The summed E-state index contributed by atoms with van der Waals surface area (Å²) in [5.41, 5.74) is 2.30. The number of amides is 2. The third-order valence-electron chi connectivity index (χ3n) is 4.97. The summed E-state index contributed by atoms with van der Waals surface area (Å²) in [7, 11) is 0. The minimum Gasteiger partial charge on any atom is -0.424 e. The van der Waals surface area contributed by atoms with Crippen molar-refractivity contribution in [3.05, 3.63) is 71.6 Å². The van der Waals surface area contributed by atoms with Gasteiger partial charge in [-0.15, -0.1) is 11.3 Å². The fraction of sp³-hybridized carbons (Fsp3) is 0.0870. The number of hydrogen-bond acceptors (Lipinski definition) is 8. The van der Waals surface area contributed by atoms with E-state index in [1.807, 2.05) is 12.1 Å². The van der Waals surface area contributed by atoms with Crippen LogP contribution in [0.3, 0.4) is 0 Å². The molecule has 4 heterocycles. The smallest absolute Gasteiger partial charge is 0.420 e. The number of ether oxygens (including phenoxy) is 1. The van der Waals surface area contributed by atoms with Crippen molar-refractivity contribution < 1.29 is 22.7 Å². The van der Waals surface area contributed by atoms with Gasteiger partial charge in [-0.05, 0) is 37.3 Å². The number of carbonyl (C=O) groups excluding carboxylic acids is 1. The van der Waals surface area contributed by atoms with Crippen molar-refractivity contribution in [2.45, 2.75) is 13.1 Å². The molecule has 11 nitrogen and oxygen atoms in total. The molecule has 0 aliphatic carbocycles. The molecular weight excluding hydrogens is 523 g/mol. The number of rotatable bonds is 7. The van der Waals surface area contributed by atoms with E-state index in [1.165, 1.54) is 29.1 Å². The molecule has 0 spiro atoms. The van der Waals surface area contributed by atoms with Crippen LogP contribution in [-0.2, 0) is 6.18 Å². The second kappa shape index (κ2) is 10.2. The van der Waals surface area contributed by atoms with E-state index in [4.69, 9.17) is 4.74 Å². The van der Waals surface area contributed by atoms with E-state index in [0.717, 1.165) is 23.5 Å². The first-order valence-electron chi connectivity index (χ1n) is 10.9. The Bertz CT molecular complexity index is 1550. The number of anilines is 4. The number of nitrogens with one attached hydrogen (secondary N) is 5. The first-order chi connectivity index (χ1) is 18.2. The van der Waals surface area contributed by atoms with Crippen LogP contribution in [0.2, 0.25) is 0 Å². The number of H-pyrrole nitrogens is 2. The van der Waals surface area contributed by atoms with Gasteiger partial charge in [0.15, 0.2) is 5.82 Å². The Hall–Kier alpha value is -4.92. The van der Waals surface area contributed by atoms with Crippen LogP contribution < -0.4 is 20.7 Å². The van der Waals surface area contributed by atoms with E-state index in [-0.39, 0.29) is 17.5 Å². The van der Waals surface area contributed by atoms with Crippen LogP contribution in [0, 0.1) is 6.92 Å². The van der Waals surface area contributed by atoms with Crippen molar-refractivity contribution in [2.24, 2.45) is 0 Å². The minimum atomic E-state index is -4.78. The Labute approximate surface area is 216 Å². The lowest BCUT2D eigenvalue weighted by atomic mass is 10.1. The number of halogens is 3. The Kier molecular flexibility index (Phi) is 6.66. The maximum atomic E-state index is 13.9. The van der Waals surface area contributed by atoms with Gasteiger partial charge in [0.1, 0.15) is 22.1 Å². The topological polar surface area (TPSA) is 146 Å². The summed E-state index contributed by atoms with van der Waals surface area (Å²) in [4.78, 5) is 27.3. The van der Waals surface area contributed by atoms with Crippen LogP contribution in [0.25, 0.3) is 11.4 Å². The second-order valence-electron chi connectivity index (χ2n) is 7.81. The number of aromatic amines is 2. The van der Waals surface area contributed by atoms with Gasteiger partial charge in [-0.25, -0.2) is 9.78 Å². The summed E-state index contributed by atoms with van der Waals surface area (Å²) in [6.07, 6.45) is -1.59. The monoisotopic (exact) mass is 541 g/mol. The van der Waals surface area contributed by atoms with Crippen molar-refractivity contribution >= 4 is 39.7 Å². The van der Waals surface area contributed by atoms with Crippen molar-refractivity contribution in [1.29, 1.82) is 0 Å². The maximum Gasteiger partial charge on any atom is 0.420 e. The number of benzene rings is 1. The third kappa shape index (κ3) is 5.89. The number of aryl methyl sites for hydroxylation is 1. The first kappa shape index (κ1) is 24.8. The molecule has 15 heteroatoms. The third-order valence-corrected chi connectivity index (χ3v) is 5.66. The van der Waals surface area contributed by atoms with E-state index >= 15 is 0 Å². The normalized spacial score (nSPS) is 11.3. The molecule has 1 aromatic carbocycles. The fourth-order valence-corrected chi connectivity index (χ4v) is 3.88. The van der Waals surface area contributed by atoms with E-state index in [0.29, 0.717) is 16.5 Å². The van der Waals surface area contributed by atoms with Crippen LogP contribution in [0.1, 0.15) is 11.3 Å². The van der Waals surface area contributed by atoms with Gasteiger partial charge in [-0.2, -0.15) is 23.3 Å². The molecule has 0 unspecified atom stereocenters. The van der Waals surface area contributed by atoms with Gasteiger partial charge in [-0.3, -0.25) is 15.4 Å². The van der Waals surface area contributed by atoms with Gasteiger partial charge in [-0.1, -0.05) is 0 Å². The zero-order valence-corrected chi connectivity index (χ0v) is 20.2. The van der Waals surface area contributed by atoms with E-state index in [9.17, 15) is 18.0 Å². The lowest BCUT2D eigenvalue weighted by Crippen LogP contribution is -2.19. The molecule has 5 N–H and O–H groups in total. The molecule has 0 aliphatic heterocycles. The number of thiazole rings is 1. The molecule has 194 valence electrons. The maximum absolute atomic E-state index is 13.9. The Morgan fingerprint density at radius 3 is 2.66 bits per heavy atom. The highest BCUT2D eigenvalue weighted by Crippen LogP contribution is 2.39. The zero-order valence-electron chi connectivity index (χ0n) is 19.4. The summed E-state index contributed by atoms with van der Waals surface area (Å²) >= 11 is 1.17. The molecule has 5 rings (SSSR count). The van der Waals surface area contributed by atoms with Crippen LogP contribution in [0.5, 0.6) is 11.8 Å². The predicted molar refractivity (Wildman–Crippen MR) is 135 cm³/mol. The fourth-order valence-electron chi connectivity index (χ4n) is 3.37. The summed E-state index contributed by atoms with van der Waals surface area (Å²) in [5, 5.41) is 15.3. The molecule has 0 atom stereocenters. The highest BCUT2D eigenvalue weighted by molar-refractivity contribution is 7.14. The number of carbonyl (C=O) groups is 1. The van der Waals surface area contributed by atoms with Crippen molar-refractivity contribution in [2.75, 3.05) is 16.0 Å². The lowest BCUT2D eigenvalue weighted by molar-refractivity contribution is -0.138. The number of alkyl halides is 3. The minimum absolute atomic E-state index is 0.0874. The highest BCUT2D eigenvalue weighted by atomic mass is 32.1. The molecule has 0 saturated heterocycles.